The number of hydrogen-bond acceptors (Lipinski definition) is 3. The number of hydrogen-bond donors (Lipinski definition) is 1. The molecule has 1 N–H and O–H groups in total. The third-order valence-electron chi connectivity index (χ3n) is 3.33. The van der Waals surface area contributed by atoms with E-state index in [0.717, 1.165) is 24.7 Å². The van der Waals surface area contributed by atoms with Gasteiger partial charge in [-0.2, -0.15) is 0 Å². The molecular formula is C13H21N3. The Morgan fingerprint density at radius 2 is 2.25 bits per heavy atom. The monoisotopic (exact) mass is 219 g/mol. The van der Waals surface area contributed by atoms with Crippen LogP contribution < -0.4 is 10.2 Å². The lowest BCUT2D eigenvalue weighted by molar-refractivity contribution is 0.401. The van der Waals surface area contributed by atoms with Crippen LogP contribution in [0.2, 0.25) is 0 Å². The van der Waals surface area contributed by atoms with E-state index < -0.39 is 0 Å². The average Bonchev–Trinajstić information content (AvgIpc) is 2.24. The zero-order chi connectivity index (χ0) is 11.4. The second kappa shape index (κ2) is 5.19. The van der Waals surface area contributed by atoms with Crippen molar-refractivity contribution < 1.29 is 0 Å². The first-order valence-corrected chi connectivity index (χ1v) is 6.23. The van der Waals surface area contributed by atoms with Crippen LogP contribution in [0.5, 0.6) is 0 Å². The van der Waals surface area contributed by atoms with Crippen LogP contribution in [0.15, 0.2) is 18.5 Å². The minimum Gasteiger partial charge on any atom is -0.384 e. The van der Waals surface area contributed by atoms with Crippen LogP contribution in [0.3, 0.4) is 0 Å². The van der Waals surface area contributed by atoms with Gasteiger partial charge in [-0.15, -0.1) is 0 Å². The summed E-state index contributed by atoms with van der Waals surface area (Å²) in [5.74, 6) is 0. The van der Waals surface area contributed by atoms with Crippen LogP contribution in [0.1, 0.15) is 32.6 Å². The molecule has 2 rings (SSSR count). The van der Waals surface area contributed by atoms with Gasteiger partial charge in [0, 0.05) is 19.6 Å². The quantitative estimate of drug-likeness (QED) is 0.825. The Kier molecular flexibility index (Phi) is 3.65. The fourth-order valence-corrected chi connectivity index (χ4v) is 1.97. The van der Waals surface area contributed by atoms with E-state index in [1.807, 2.05) is 12.4 Å². The highest BCUT2D eigenvalue weighted by Gasteiger charge is 2.22. The van der Waals surface area contributed by atoms with Crippen molar-refractivity contribution in [1.82, 2.24) is 4.98 Å². The maximum Gasteiger partial charge on any atom is 0.0573 e. The average molecular weight is 219 g/mol. The van der Waals surface area contributed by atoms with Crippen molar-refractivity contribution in [1.29, 1.82) is 0 Å². The van der Waals surface area contributed by atoms with Gasteiger partial charge in [-0.1, -0.05) is 6.92 Å². The smallest absolute Gasteiger partial charge is 0.0573 e. The number of aromatic nitrogens is 1. The van der Waals surface area contributed by atoms with E-state index in [9.17, 15) is 0 Å². The number of nitrogens with zero attached hydrogens (tertiary/aromatic N) is 2. The SMILES string of the molecule is CCCNc1cncc(N(C)C2CCC2)c1. The van der Waals surface area contributed by atoms with Crippen LogP contribution in [0, 0.1) is 0 Å². The summed E-state index contributed by atoms with van der Waals surface area (Å²) >= 11 is 0. The molecule has 1 fully saturated rings. The van der Waals surface area contributed by atoms with E-state index in [-0.39, 0.29) is 0 Å². The Labute approximate surface area is 97.9 Å². The maximum atomic E-state index is 4.30. The summed E-state index contributed by atoms with van der Waals surface area (Å²) in [6, 6.07) is 2.92. The molecule has 16 heavy (non-hydrogen) atoms. The van der Waals surface area contributed by atoms with Gasteiger partial charge in [0.05, 0.1) is 23.8 Å². The lowest BCUT2D eigenvalue weighted by Crippen LogP contribution is -2.37. The van der Waals surface area contributed by atoms with Crippen LogP contribution >= 0.6 is 0 Å². The van der Waals surface area contributed by atoms with E-state index in [1.165, 1.54) is 24.9 Å². The number of pyridine rings is 1. The van der Waals surface area contributed by atoms with Crippen molar-refractivity contribution in [2.24, 2.45) is 0 Å². The molecule has 1 aliphatic carbocycles. The minimum absolute atomic E-state index is 0.725. The zero-order valence-corrected chi connectivity index (χ0v) is 10.2. The second-order valence-corrected chi connectivity index (χ2v) is 4.55. The van der Waals surface area contributed by atoms with Gasteiger partial charge in [-0.05, 0) is 31.7 Å². The molecule has 0 saturated heterocycles. The van der Waals surface area contributed by atoms with Gasteiger partial charge in [-0.25, -0.2) is 0 Å². The molecule has 0 spiro atoms. The molecule has 0 atom stereocenters. The van der Waals surface area contributed by atoms with Crippen molar-refractivity contribution in [3.63, 3.8) is 0 Å². The normalized spacial score (nSPS) is 15.6. The van der Waals surface area contributed by atoms with Crippen LogP contribution in [0.25, 0.3) is 0 Å². The number of anilines is 2. The molecule has 0 bridgehead atoms. The summed E-state index contributed by atoms with van der Waals surface area (Å²) in [6.07, 6.45) is 9.01. The zero-order valence-electron chi connectivity index (χ0n) is 10.2. The molecule has 1 aliphatic rings. The molecule has 3 nitrogen and oxygen atoms in total. The largest absolute Gasteiger partial charge is 0.384 e. The molecule has 0 amide bonds. The summed E-state index contributed by atoms with van der Waals surface area (Å²) in [7, 11) is 2.17. The summed E-state index contributed by atoms with van der Waals surface area (Å²) < 4.78 is 0. The third-order valence-corrected chi connectivity index (χ3v) is 3.33. The Morgan fingerprint density at radius 1 is 1.44 bits per heavy atom. The van der Waals surface area contributed by atoms with Gasteiger partial charge in [0.2, 0.25) is 0 Å². The van der Waals surface area contributed by atoms with Gasteiger partial charge in [0.15, 0.2) is 0 Å². The Morgan fingerprint density at radius 3 is 2.88 bits per heavy atom. The van der Waals surface area contributed by atoms with Crippen molar-refractivity contribution >= 4 is 11.4 Å². The Hall–Kier alpha value is -1.25. The molecule has 0 radical (unpaired) electrons. The molecule has 0 aromatic carbocycles. The highest BCUT2D eigenvalue weighted by Crippen LogP contribution is 2.28. The van der Waals surface area contributed by atoms with E-state index in [1.54, 1.807) is 0 Å². The Balaban J connectivity index is 2.02. The van der Waals surface area contributed by atoms with Crippen LogP contribution in [-0.2, 0) is 0 Å². The van der Waals surface area contributed by atoms with Crippen molar-refractivity contribution in [3.8, 4) is 0 Å². The standard InChI is InChI=1S/C13H21N3/c1-3-7-15-11-8-13(10-14-9-11)16(2)12-5-4-6-12/h8-10,12,15H,3-7H2,1-2H3. The Bertz CT molecular complexity index is 334. The number of nitrogens with one attached hydrogen (secondary N) is 1. The molecular weight excluding hydrogens is 198 g/mol. The predicted octanol–water partition coefficient (Wildman–Crippen LogP) is 2.89. The molecule has 0 aliphatic heterocycles. The van der Waals surface area contributed by atoms with Crippen molar-refractivity contribution in [3.05, 3.63) is 18.5 Å². The minimum atomic E-state index is 0.725. The first-order chi connectivity index (χ1) is 7.81. The first kappa shape index (κ1) is 11.2. The van der Waals surface area contributed by atoms with E-state index in [2.05, 4.69) is 35.2 Å². The highest BCUT2D eigenvalue weighted by molar-refractivity contribution is 5.55. The summed E-state index contributed by atoms with van der Waals surface area (Å²) in [5, 5.41) is 3.38. The van der Waals surface area contributed by atoms with Crippen LogP contribution in [0.4, 0.5) is 11.4 Å². The predicted molar refractivity (Wildman–Crippen MR) is 69.1 cm³/mol. The summed E-state index contributed by atoms with van der Waals surface area (Å²) in [5.41, 5.74) is 2.36. The van der Waals surface area contributed by atoms with Gasteiger partial charge >= 0.3 is 0 Å². The second-order valence-electron chi connectivity index (χ2n) is 4.55. The summed E-state index contributed by atoms with van der Waals surface area (Å²) in [6.45, 7) is 3.18. The topological polar surface area (TPSA) is 28.2 Å². The van der Waals surface area contributed by atoms with Crippen LogP contribution in [-0.4, -0.2) is 24.6 Å². The van der Waals surface area contributed by atoms with E-state index in [4.69, 9.17) is 0 Å². The van der Waals surface area contributed by atoms with Gasteiger partial charge in [-0.3, -0.25) is 4.98 Å². The maximum absolute atomic E-state index is 4.30. The molecule has 3 heteroatoms. The number of rotatable bonds is 5. The fraction of sp³-hybridized carbons (Fsp3) is 0.615. The first-order valence-electron chi connectivity index (χ1n) is 6.23. The molecule has 88 valence electrons. The van der Waals surface area contributed by atoms with E-state index >= 15 is 0 Å². The van der Waals surface area contributed by atoms with Gasteiger partial charge in [0.1, 0.15) is 0 Å². The molecule has 1 aromatic rings. The molecule has 1 saturated carbocycles. The van der Waals surface area contributed by atoms with Gasteiger partial charge < -0.3 is 10.2 Å². The van der Waals surface area contributed by atoms with E-state index in [0.29, 0.717) is 0 Å². The van der Waals surface area contributed by atoms with Gasteiger partial charge in [0.25, 0.3) is 0 Å². The lowest BCUT2D eigenvalue weighted by atomic mass is 9.91. The third kappa shape index (κ3) is 2.46. The summed E-state index contributed by atoms with van der Waals surface area (Å²) in [4.78, 5) is 6.65. The lowest BCUT2D eigenvalue weighted by Gasteiger charge is -2.36. The van der Waals surface area contributed by atoms with Crippen molar-refractivity contribution in [2.75, 3.05) is 23.8 Å². The van der Waals surface area contributed by atoms with Crippen molar-refractivity contribution in [2.45, 2.75) is 38.6 Å². The highest BCUT2D eigenvalue weighted by atomic mass is 15.1. The fourth-order valence-electron chi connectivity index (χ4n) is 1.97. The molecule has 1 heterocycles. The molecule has 1 aromatic heterocycles. The molecule has 0 unspecified atom stereocenters.